The zero-order chi connectivity index (χ0) is 21.5. The highest BCUT2D eigenvalue weighted by molar-refractivity contribution is 5.86. The van der Waals surface area contributed by atoms with Crippen molar-refractivity contribution in [2.75, 3.05) is 13.2 Å². The second kappa shape index (κ2) is 10.1. The van der Waals surface area contributed by atoms with Gasteiger partial charge < -0.3 is 14.8 Å². The van der Waals surface area contributed by atoms with Crippen LogP contribution in [0.4, 0.5) is 4.79 Å². The molecule has 1 heterocycles. The molecule has 0 aromatic heterocycles. The molecule has 0 unspecified atom stereocenters. The normalized spacial score (nSPS) is 19.0. The van der Waals surface area contributed by atoms with E-state index in [0.717, 1.165) is 6.42 Å². The van der Waals surface area contributed by atoms with Gasteiger partial charge in [0.25, 0.3) is 5.91 Å². The lowest BCUT2D eigenvalue weighted by Crippen LogP contribution is -2.60. The van der Waals surface area contributed by atoms with E-state index in [-0.39, 0.29) is 17.3 Å². The van der Waals surface area contributed by atoms with Crippen LogP contribution in [0.15, 0.2) is 0 Å². The third-order valence-electron chi connectivity index (χ3n) is 4.70. The van der Waals surface area contributed by atoms with E-state index in [2.05, 4.69) is 17.7 Å². The smallest absolute Gasteiger partial charge is 0.408 e. The minimum absolute atomic E-state index is 0.0789. The number of nitrogens with zero attached hydrogens (tertiary/aromatic N) is 1. The minimum atomic E-state index is -0.726. The van der Waals surface area contributed by atoms with Crippen LogP contribution in [-0.4, -0.2) is 53.8 Å². The summed E-state index contributed by atoms with van der Waals surface area (Å²) in [5.41, 5.74) is 2.24. The minimum Gasteiger partial charge on any atom is -0.464 e. The van der Waals surface area contributed by atoms with Gasteiger partial charge in [-0.05, 0) is 51.9 Å². The summed E-state index contributed by atoms with van der Waals surface area (Å²) in [7, 11) is 0. The van der Waals surface area contributed by atoms with Crippen LogP contribution < -0.4 is 10.7 Å². The molecule has 2 amide bonds. The van der Waals surface area contributed by atoms with E-state index in [0.29, 0.717) is 32.4 Å². The monoisotopic (exact) mass is 399 g/mol. The number of rotatable bonds is 7. The maximum absolute atomic E-state index is 12.8. The lowest BCUT2D eigenvalue weighted by atomic mass is 9.92. The summed E-state index contributed by atoms with van der Waals surface area (Å²) in [6.07, 6.45) is 1.96. The summed E-state index contributed by atoms with van der Waals surface area (Å²) in [4.78, 5) is 37.2. The van der Waals surface area contributed by atoms with Gasteiger partial charge in [-0.25, -0.2) is 10.2 Å². The van der Waals surface area contributed by atoms with Crippen LogP contribution in [0.25, 0.3) is 0 Å². The highest BCUT2D eigenvalue weighted by Gasteiger charge is 2.33. The molecule has 1 rings (SSSR count). The Hall–Kier alpha value is -1.83. The highest BCUT2D eigenvalue weighted by Crippen LogP contribution is 2.20. The molecule has 2 atom stereocenters. The first-order chi connectivity index (χ1) is 12.9. The molecule has 8 heteroatoms. The first kappa shape index (κ1) is 24.2. The molecule has 162 valence electrons. The van der Waals surface area contributed by atoms with Crippen molar-refractivity contribution < 1.29 is 23.9 Å². The Kier molecular flexibility index (Phi) is 8.73. The van der Waals surface area contributed by atoms with Crippen molar-refractivity contribution in [1.82, 2.24) is 15.8 Å². The topological polar surface area (TPSA) is 97.0 Å². The number of amides is 2. The summed E-state index contributed by atoms with van der Waals surface area (Å²) in [6.45, 7) is 14.0. The molecular formula is C20H37N3O5. The summed E-state index contributed by atoms with van der Waals surface area (Å²) in [5, 5.41) is 4.02. The van der Waals surface area contributed by atoms with Crippen molar-refractivity contribution in [3.63, 3.8) is 0 Å². The predicted octanol–water partition coefficient (Wildman–Crippen LogP) is 2.76. The molecule has 0 bridgehead atoms. The quantitative estimate of drug-likeness (QED) is 0.639. The fraction of sp³-hybridized carbons (Fsp3) is 0.850. The number of carbonyl (C=O) groups excluding carboxylic acids is 3. The Balaban J connectivity index is 2.64. The lowest BCUT2D eigenvalue weighted by molar-refractivity contribution is -0.155. The molecule has 0 radical (unpaired) electrons. The number of nitrogens with one attached hydrogen (secondary N) is 2. The van der Waals surface area contributed by atoms with Crippen molar-refractivity contribution in [1.29, 1.82) is 0 Å². The van der Waals surface area contributed by atoms with E-state index in [9.17, 15) is 14.4 Å². The molecule has 0 saturated carbocycles. The Labute approximate surface area is 168 Å². The van der Waals surface area contributed by atoms with Gasteiger partial charge in [0.15, 0.2) is 0 Å². The number of hydrogen-bond donors (Lipinski definition) is 2. The van der Waals surface area contributed by atoms with Crippen molar-refractivity contribution in [2.45, 2.75) is 91.8 Å². The Morgan fingerprint density at radius 1 is 1.18 bits per heavy atom. The van der Waals surface area contributed by atoms with E-state index in [4.69, 9.17) is 9.47 Å². The van der Waals surface area contributed by atoms with Gasteiger partial charge in [0.2, 0.25) is 0 Å². The zero-order valence-corrected chi connectivity index (χ0v) is 18.4. The van der Waals surface area contributed by atoms with E-state index < -0.39 is 23.8 Å². The maximum Gasteiger partial charge on any atom is 0.408 e. The van der Waals surface area contributed by atoms with Crippen LogP contribution in [-0.2, 0) is 19.1 Å². The predicted molar refractivity (Wildman–Crippen MR) is 106 cm³/mol. The molecule has 28 heavy (non-hydrogen) atoms. The molecule has 0 aliphatic carbocycles. The fourth-order valence-corrected chi connectivity index (χ4v) is 2.56. The molecule has 8 nitrogen and oxygen atoms in total. The van der Waals surface area contributed by atoms with Gasteiger partial charge >= 0.3 is 12.1 Å². The molecule has 0 aromatic rings. The largest absolute Gasteiger partial charge is 0.464 e. The Morgan fingerprint density at radius 2 is 1.82 bits per heavy atom. The second-order valence-corrected chi connectivity index (χ2v) is 9.05. The number of hydrogen-bond acceptors (Lipinski definition) is 6. The van der Waals surface area contributed by atoms with Gasteiger partial charge in [-0.15, -0.1) is 0 Å². The van der Waals surface area contributed by atoms with Crippen LogP contribution in [0.3, 0.4) is 0 Å². The Morgan fingerprint density at radius 3 is 2.36 bits per heavy atom. The fourth-order valence-electron chi connectivity index (χ4n) is 2.56. The number of alkyl carbamates (subject to hydrolysis) is 1. The summed E-state index contributed by atoms with van der Waals surface area (Å²) < 4.78 is 10.7. The standard InChI is InChI=1S/C20H37N3O5/c1-8-14(21-18(26)28-19(3,4)5)16(24)23-12-10-11-15(22-23)17(25)27-13-20(6,7)9-2/h14-15,22H,8-13H2,1-7H3,(H,21,26)/t14-,15-/m0/s1. The molecule has 0 spiro atoms. The van der Waals surface area contributed by atoms with E-state index in [1.165, 1.54) is 5.01 Å². The van der Waals surface area contributed by atoms with Gasteiger partial charge in [0.1, 0.15) is 17.7 Å². The molecule has 1 saturated heterocycles. The van der Waals surface area contributed by atoms with Crippen LogP contribution >= 0.6 is 0 Å². The average molecular weight is 400 g/mol. The molecule has 1 aliphatic rings. The summed E-state index contributed by atoms with van der Waals surface area (Å²) in [6, 6.07) is -1.29. The third kappa shape index (κ3) is 8.04. The second-order valence-electron chi connectivity index (χ2n) is 9.05. The molecule has 0 aromatic carbocycles. The lowest BCUT2D eigenvalue weighted by Gasteiger charge is -2.35. The molecule has 1 aliphatic heterocycles. The SMILES string of the molecule is CC[C@H](NC(=O)OC(C)(C)C)C(=O)N1CCC[C@@H](C(=O)OCC(C)(C)CC)N1. The van der Waals surface area contributed by atoms with Crippen molar-refractivity contribution in [3.05, 3.63) is 0 Å². The van der Waals surface area contributed by atoms with Crippen LogP contribution in [0.1, 0.15) is 74.1 Å². The number of ether oxygens (including phenoxy) is 2. The highest BCUT2D eigenvalue weighted by atomic mass is 16.6. The van der Waals surface area contributed by atoms with E-state index >= 15 is 0 Å². The van der Waals surface area contributed by atoms with Gasteiger partial charge in [-0.2, -0.15) is 0 Å². The molecular weight excluding hydrogens is 362 g/mol. The molecule has 1 fully saturated rings. The van der Waals surface area contributed by atoms with Gasteiger partial charge in [-0.3, -0.25) is 14.6 Å². The van der Waals surface area contributed by atoms with Crippen molar-refractivity contribution in [3.8, 4) is 0 Å². The van der Waals surface area contributed by atoms with Gasteiger partial charge in [0, 0.05) is 6.54 Å². The van der Waals surface area contributed by atoms with Crippen molar-refractivity contribution >= 4 is 18.0 Å². The van der Waals surface area contributed by atoms with Gasteiger partial charge in [0.05, 0.1) is 6.61 Å². The number of hydrazine groups is 1. The number of carbonyl (C=O) groups is 3. The zero-order valence-electron chi connectivity index (χ0n) is 18.4. The first-order valence-corrected chi connectivity index (χ1v) is 10.1. The van der Waals surface area contributed by atoms with Gasteiger partial charge in [-0.1, -0.05) is 27.7 Å². The Bertz CT molecular complexity index is 557. The molecule has 2 N–H and O–H groups in total. The van der Waals surface area contributed by atoms with Crippen LogP contribution in [0.2, 0.25) is 0 Å². The third-order valence-corrected chi connectivity index (χ3v) is 4.70. The van der Waals surface area contributed by atoms with Crippen LogP contribution in [0.5, 0.6) is 0 Å². The van der Waals surface area contributed by atoms with Crippen molar-refractivity contribution in [2.24, 2.45) is 5.41 Å². The first-order valence-electron chi connectivity index (χ1n) is 10.1. The van der Waals surface area contributed by atoms with E-state index in [1.54, 1.807) is 20.8 Å². The maximum atomic E-state index is 12.8. The summed E-state index contributed by atoms with van der Waals surface area (Å²) in [5.74, 6) is -0.646. The van der Waals surface area contributed by atoms with Crippen LogP contribution in [0, 0.1) is 5.41 Å². The average Bonchev–Trinajstić information content (AvgIpc) is 2.62. The number of esters is 1. The van der Waals surface area contributed by atoms with E-state index in [1.807, 2.05) is 20.8 Å². The summed E-state index contributed by atoms with van der Waals surface area (Å²) >= 11 is 0.